The van der Waals surface area contributed by atoms with E-state index in [1.165, 1.54) is 0 Å². The summed E-state index contributed by atoms with van der Waals surface area (Å²) in [4.78, 5) is 0. The molecule has 0 amide bonds. The molecule has 1 rings (SSSR count). The molecule has 0 N–H and O–H groups in total. The van der Waals surface area contributed by atoms with Crippen LogP contribution in [0.5, 0.6) is 0 Å². The lowest BCUT2D eigenvalue weighted by Gasteiger charge is -2.25. The Kier molecular flexibility index (Phi) is 9.74. The summed E-state index contributed by atoms with van der Waals surface area (Å²) in [6.07, 6.45) is 3.49. The van der Waals surface area contributed by atoms with Crippen LogP contribution in [0, 0.1) is 29.1 Å². The predicted molar refractivity (Wildman–Crippen MR) is 92.7 cm³/mol. The van der Waals surface area contributed by atoms with E-state index in [2.05, 4.69) is 0 Å². The van der Waals surface area contributed by atoms with Crippen molar-refractivity contribution in [1.82, 2.24) is 0 Å². The van der Waals surface area contributed by atoms with Gasteiger partial charge in [0, 0.05) is 18.8 Å². The highest BCUT2D eigenvalue weighted by atomic mass is 28.4. The molecule has 0 saturated heterocycles. The van der Waals surface area contributed by atoms with Gasteiger partial charge in [0.05, 0.1) is 0 Å². The zero-order valence-electron chi connectivity index (χ0n) is 15.6. The summed E-state index contributed by atoms with van der Waals surface area (Å²) in [5, 5.41) is 0. The van der Waals surface area contributed by atoms with Gasteiger partial charge in [0.1, 0.15) is 0 Å². The molecule has 0 fully saturated rings. The summed E-state index contributed by atoms with van der Waals surface area (Å²) in [6, 6.07) is 0.867. The molecule has 0 bridgehead atoms. The average molecular weight is 398 g/mol. The van der Waals surface area contributed by atoms with Crippen LogP contribution in [0.4, 0.5) is 22.0 Å². The quantitative estimate of drug-likeness (QED) is 0.141. The van der Waals surface area contributed by atoms with Gasteiger partial charge in [0.15, 0.2) is 23.3 Å². The predicted octanol–water partition coefficient (Wildman–Crippen LogP) is 6.02. The van der Waals surface area contributed by atoms with E-state index in [4.69, 9.17) is 8.85 Å². The molecule has 0 aliphatic rings. The summed E-state index contributed by atoms with van der Waals surface area (Å²) in [6.45, 7) is 7.13. The van der Waals surface area contributed by atoms with E-state index in [9.17, 15) is 22.0 Å². The van der Waals surface area contributed by atoms with Gasteiger partial charge in [-0.05, 0) is 39.3 Å². The minimum atomic E-state index is -2.12. The Hall–Kier alpha value is -0.993. The zero-order chi connectivity index (χ0) is 19.7. The third kappa shape index (κ3) is 6.31. The van der Waals surface area contributed by atoms with Crippen LogP contribution in [0.1, 0.15) is 51.5 Å². The number of unbranched alkanes of at least 4 members (excludes halogenated alkanes) is 4. The van der Waals surface area contributed by atoms with Crippen LogP contribution < -0.4 is 0 Å². The summed E-state index contributed by atoms with van der Waals surface area (Å²) in [5.41, 5.74) is -0.728. The smallest absolute Gasteiger partial charge is 0.334 e. The highest BCUT2D eigenvalue weighted by Gasteiger charge is 2.29. The van der Waals surface area contributed by atoms with Crippen molar-refractivity contribution in [2.24, 2.45) is 0 Å². The molecule has 0 unspecified atom stereocenters. The van der Waals surface area contributed by atoms with E-state index in [0.717, 1.165) is 25.3 Å². The molecule has 150 valence electrons. The summed E-state index contributed by atoms with van der Waals surface area (Å²) in [7, 11) is -2.12. The van der Waals surface area contributed by atoms with Crippen LogP contribution in [0.2, 0.25) is 12.6 Å². The second kappa shape index (κ2) is 11.0. The third-order valence-electron chi connectivity index (χ3n) is 4.26. The molecule has 26 heavy (non-hydrogen) atoms. The fraction of sp³-hybridized carbons (Fsp3) is 0.667. The lowest BCUT2D eigenvalue weighted by atomic mass is 10.0. The van der Waals surface area contributed by atoms with E-state index in [1.54, 1.807) is 0 Å². The molecule has 0 heterocycles. The largest absolute Gasteiger partial charge is 0.395 e. The first-order valence-corrected chi connectivity index (χ1v) is 11.6. The molecular weight excluding hydrogens is 371 g/mol. The minimum absolute atomic E-state index is 0.170. The van der Waals surface area contributed by atoms with Crippen LogP contribution in [0.15, 0.2) is 0 Å². The van der Waals surface area contributed by atoms with Gasteiger partial charge in [-0.2, -0.15) is 0 Å². The molecule has 0 aliphatic heterocycles. The summed E-state index contributed by atoms with van der Waals surface area (Å²) < 4.78 is 77.9. The molecule has 0 atom stereocenters. The van der Waals surface area contributed by atoms with Crippen LogP contribution in [0.3, 0.4) is 0 Å². The molecule has 1 aromatic rings. The lowest BCUT2D eigenvalue weighted by molar-refractivity contribution is 0.188. The maximum Gasteiger partial charge on any atom is 0.334 e. The van der Waals surface area contributed by atoms with Crippen molar-refractivity contribution < 1.29 is 30.8 Å². The zero-order valence-corrected chi connectivity index (χ0v) is 16.6. The number of hydrogen-bond donors (Lipinski definition) is 0. The highest BCUT2D eigenvalue weighted by Crippen LogP contribution is 2.25. The molecule has 1 aromatic carbocycles. The molecule has 2 nitrogen and oxygen atoms in total. The maximum atomic E-state index is 13.6. The fourth-order valence-electron chi connectivity index (χ4n) is 2.94. The molecule has 8 heteroatoms. The van der Waals surface area contributed by atoms with E-state index >= 15 is 0 Å². The van der Waals surface area contributed by atoms with Crippen molar-refractivity contribution >= 4 is 8.56 Å². The first-order chi connectivity index (χ1) is 12.3. The number of rotatable bonds is 12. The number of benzene rings is 1. The third-order valence-corrected chi connectivity index (χ3v) is 7.32. The van der Waals surface area contributed by atoms with Gasteiger partial charge in [0.25, 0.3) is 0 Å². The standard InChI is InChI=1S/C18H27F5O2Si/c1-4-24-26(3,25-5-2)12-10-8-6-7-9-11-13-14(19)16(21)18(23)17(22)15(13)20/h4-12H2,1-3H3. The Bertz CT molecular complexity index is 548. The summed E-state index contributed by atoms with van der Waals surface area (Å²) >= 11 is 0. The summed E-state index contributed by atoms with van der Waals surface area (Å²) in [5.74, 6) is -9.32. The first-order valence-electron chi connectivity index (χ1n) is 9.05. The Balaban J connectivity index is 2.38. The van der Waals surface area contributed by atoms with E-state index in [1.807, 2.05) is 20.4 Å². The van der Waals surface area contributed by atoms with Gasteiger partial charge in [-0.25, -0.2) is 22.0 Å². The second-order valence-electron chi connectivity index (χ2n) is 6.32. The molecular formula is C18H27F5O2Si. The van der Waals surface area contributed by atoms with Crippen molar-refractivity contribution in [1.29, 1.82) is 0 Å². The average Bonchev–Trinajstić information content (AvgIpc) is 2.60. The Morgan fingerprint density at radius 1 is 0.654 bits per heavy atom. The van der Waals surface area contributed by atoms with Crippen molar-refractivity contribution in [3.05, 3.63) is 34.6 Å². The fourth-order valence-corrected chi connectivity index (χ4v) is 5.43. The van der Waals surface area contributed by atoms with Crippen LogP contribution in [-0.4, -0.2) is 21.8 Å². The van der Waals surface area contributed by atoms with E-state index in [0.29, 0.717) is 26.1 Å². The molecule has 0 aromatic heterocycles. The van der Waals surface area contributed by atoms with Crippen LogP contribution in [0.25, 0.3) is 0 Å². The minimum Gasteiger partial charge on any atom is -0.395 e. The lowest BCUT2D eigenvalue weighted by Crippen LogP contribution is -2.38. The molecule has 0 radical (unpaired) electrons. The Morgan fingerprint density at radius 3 is 1.58 bits per heavy atom. The van der Waals surface area contributed by atoms with Gasteiger partial charge in [-0.15, -0.1) is 0 Å². The van der Waals surface area contributed by atoms with Gasteiger partial charge in [0.2, 0.25) is 5.82 Å². The van der Waals surface area contributed by atoms with Gasteiger partial charge in [-0.3, -0.25) is 0 Å². The van der Waals surface area contributed by atoms with E-state index in [-0.39, 0.29) is 6.42 Å². The second-order valence-corrected chi connectivity index (χ2v) is 9.66. The number of halogens is 5. The van der Waals surface area contributed by atoms with Crippen molar-refractivity contribution in [2.75, 3.05) is 13.2 Å². The SMILES string of the molecule is CCO[Si](C)(CCCCCCCc1c(F)c(F)c(F)c(F)c1F)OCC. The van der Waals surface area contributed by atoms with Crippen molar-refractivity contribution in [3.63, 3.8) is 0 Å². The highest BCUT2D eigenvalue weighted by molar-refractivity contribution is 6.66. The van der Waals surface area contributed by atoms with Crippen LogP contribution in [-0.2, 0) is 15.3 Å². The number of hydrogen-bond acceptors (Lipinski definition) is 2. The first kappa shape index (κ1) is 23.0. The van der Waals surface area contributed by atoms with Gasteiger partial charge in [-0.1, -0.05) is 25.7 Å². The van der Waals surface area contributed by atoms with Crippen molar-refractivity contribution in [3.8, 4) is 0 Å². The molecule has 0 aliphatic carbocycles. The monoisotopic (exact) mass is 398 g/mol. The topological polar surface area (TPSA) is 18.5 Å². The normalized spacial score (nSPS) is 12.0. The Morgan fingerprint density at radius 2 is 1.08 bits per heavy atom. The van der Waals surface area contributed by atoms with Gasteiger partial charge < -0.3 is 8.85 Å². The Labute approximate surface area is 152 Å². The molecule has 0 spiro atoms. The van der Waals surface area contributed by atoms with E-state index < -0.39 is 43.2 Å². The van der Waals surface area contributed by atoms with Crippen LogP contribution >= 0.6 is 0 Å². The van der Waals surface area contributed by atoms with Crippen molar-refractivity contribution in [2.45, 2.75) is 65.0 Å². The molecule has 0 saturated carbocycles. The van der Waals surface area contributed by atoms with Gasteiger partial charge >= 0.3 is 8.56 Å². The maximum absolute atomic E-state index is 13.6.